The van der Waals surface area contributed by atoms with E-state index in [0.29, 0.717) is 30.6 Å². The minimum absolute atomic E-state index is 0. The SMILES string of the molecule is Cl.O=C(C[C@H]1CCN(Cc2c(Cl)[nH]c3ccccc23)C1)N1Cc2ccc(O)cc2C1. The van der Waals surface area contributed by atoms with Crippen LogP contribution in [0.2, 0.25) is 5.15 Å². The summed E-state index contributed by atoms with van der Waals surface area (Å²) in [5.74, 6) is 0.849. The van der Waals surface area contributed by atoms with Gasteiger partial charge in [0, 0.05) is 49.1 Å². The molecule has 5 rings (SSSR count). The highest BCUT2D eigenvalue weighted by Crippen LogP contribution is 2.31. The molecule has 0 aliphatic carbocycles. The molecule has 2 aliphatic rings. The lowest BCUT2D eigenvalue weighted by molar-refractivity contribution is -0.132. The highest BCUT2D eigenvalue weighted by atomic mass is 35.5. The fourth-order valence-corrected chi connectivity index (χ4v) is 4.97. The molecule has 0 radical (unpaired) electrons. The fraction of sp³-hybridized carbons (Fsp3) is 0.348. The van der Waals surface area contributed by atoms with E-state index >= 15 is 0 Å². The maximum Gasteiger partial charge on any atom is 0.223 e. The van der Waals surface area contributed by atoms with Crippen LogP contribution in [0.4, 0.5) is 0 Å². The first-order chi connectivity index (χ1) is 14.1. The Kier molecular flexibility index (Phi) is 5.96. The average molecular weight is 446 g/mol. The van der Waals surface area contributed by atoms with Gasteiger partial charge in [-0.05, 0) is 48.2 Å². The van der Waals surface area contributed by atoms with Gasteiger partial charge in [-0.25, -0.2) is 0 Å². The van der Waals surface area contributed by atoms with Crippen molar-refractivity contribution in [2.75, 3.05) is 13.1 Å². The summed E-state index contributed by atoms with van der Waals surface area (Å²) in [7, 11) is 0. The average Bonchev–Trinajstić information content (AvgIpc) is 3.40. The van der Waals surface area contributed by atoms with E-state index in [9.17, 15) is 9.90 Å². The second kappa shape index (κ2) is 8.50. The van der Waals surface area contributed by atoms with Gasteiger partial charge in [-0.3, -0.25) is 9.69 Å². The Morgan fingerprint density at radius 1 is 1.17 bits per heavy atom. The molecule has 0 unspecified atom stereocenters. The molecule has 2 aliphatic heterocycles. The van der Waals surface area contributed by atoms with E-state index in [4.69, 9.17) is 11.6 Å². The largest absolute Gasteiger partial charge is 0.508 e. The number of aromatic hydroxyl groups is 1. The number of phenols is 1. The molecule has 158 valence electrons. The Morgan fingerprint density at radius 3 is 2.83 bits per heavy atom. The van der Waals surface area contributed by atoms with Crippen LogP contribution in [0, 0.1) is 5.92 Å². The molecular weight excluding hydrogens is 421 g/mol. The van der Waals surface area contributed by atoms with E-state index in [1.165, 1.54) is 5.39 Å². The number of nitrogens with one attached hydrogen (secondary N) is 1. The van der Waals surface area contributed by atoms with E-state index in [1.54, 1.807) is 12.1 Å². The standard InChI is InChI=1S/C23H24ClN3O2.ClH/c24-23-20(19-3-1-2-4-21(19)25-23)14-26-8-7-15(11-26)9-22(29)27-12-16-5-6-18(28)10-17(16)13-27;/h1-6,10,15,25,28H,7-9,11-14H2;1H/t15-;/m1./s1. The summed E-state index contributed by atoms with van der Waals surface area (Å²) in [5, 5.41) is 11.5. The van der Waals surface area contributed by atoms with Gasteiger partial charge in [0.15, 0.2) is 0 Å². The van der Waals surface area contributed by atoms with Crippen LogP contribution in [0.25, 0.3) is 10.9 Å². The number of likely N-dealkylation sites (tertiary alicyclic amines) is 1. The first kappa shape index (κ1) is 21.0. The number of H-pyrrole nitrogens is 1. The highest BCUT2D eigenvalue weighted by Gasteiger charge is 2.30. The molecule has 0 spiro atoms. The minimum atomic E-state index is 0. The zero-order valence-electron chi connectivity index (χ0n) is 16.6. The Morgan fingerprint density at radius 2 is 1.97 bits per heavy atom. The number of fused-ring (bicyclic) bond motifs is 2. The summed E-state index contributed by atoms with van der Waals surface area (Å²) in [6, 6.07) is 13.6. The summed E-state index contributed by atoms with van der Waals surface area (Å²) in [5.41, 5.74) is 4.40. The maximum absolute atomic E-state index is 12.8. The number of hydrogen-bond donors (Lipinski definition) is 2. The van der Waals surface area contributed by atoms with E-state index in [-0.39, 0.29) is 24.1 Å². The molecule has 1 atom stereocenters. The quantitative estimate of drug-likeness (QED) is 0.611. The summed E-state index contributed by atoms with van der Waals surface area (Å²) in [6.07, 6.45) is 1.62. The molecule has 7 heteroatoms. The van der Waals surface area contributed by atoms with Gasteiger partial charge >= 0.3 is 0 Å². The van der Waals surface area contributed by atoms with Crippen molar-refractivity contribution in [1.82, 2.24) is 14.8 Å². The summed E-state index contributed by atoms with van der Waals surface area (Å²) in [4.78, 5) is 20.4. The van der Waals surface area contributed by atoms with Crippen LogP contribution < -0.4 is 0 Å². The van der Waals surface area contributed by atoms with Crippen LogP contribution in [-0.4, -0.2) is 38.9 Å². The van der Waals surface area contributed by atoms with Gasteiger partial charge in [-0.2, -0.15) is 0 Å². The first-order valence-corrected chi connectivity index (χ1v) is 10.5. The van der Waals surface area contributed by atoms with Crippen LogP contribution >= 0.6 is 24.0 Å². The summed E-state index contributed by atoms with van der Waals surface area (Å²) < 4.78 is 0. The molecular formula is C23H25Cl2N3O2. The molecule has 3 aromatic rings. The zero-order valence-corrected chi connectivity index (χ0v) is 18.2. The molecule has 0 saturated carbocycles. The normalized spacial score (nSPS) is 18.6. The topological polar surface area (TPSA) is 59.6 Å². The van der Waals surface area contributed by atoms with Crippen LogP contribution in [0.15, 0.2) is 42.5 Å². The predicted octanol–water partition coefficient (Wildman–Crippen LogP) is 4.70. The van der Waals surface area contributed by atoms with Gasteiger partial charge in [-0.1, -0.05) is 35.9 Å². The number of rotatable bonds is 4. The van der Waals surface area contributed by atoms with Crippen molar-refractivity contribution in [3.05, 3.63) is 64.3 Å². The third-order valence-electron chi connectivity index (χ3n) is 6.24. The smallest absolute Gasteiger partial charge is 0.223 e. The third kappa shape index (κ3) is 4.02. The van der Waals surface area contributed by atoms with Crippen molar-refractivity contribution in [1.29, 1.82) is 0 Å². The fourth-order valence-electron chi connectivity index (χ4n) is 4.70. The Labute approximate surface area is 187 Å². The lowest BCUT2D eigenvalue weighted by Crippen LogP contribution is -2.28. The number of aromatic amines is 1. The maximum atomic E-state index is 12.8. The van der Waals surface area contributed by atoms with Crippen molar-refractivity contribution in [2.45, 2.75) is 32.5 Å². The lowest BCUT2D eigenvalue weighted by atomic mass is 10.0. The van der Waals surface area contributed by atoms with Crippen molar-refractivity contribution >= 4 is 40.8 Å². The van der Waals surface area contributed by atoms with Gasteiger partial charge in [0.05, 0.1) is 0 Å². The molecule has 1 fully saturated rings. The molecule has 5 nitrogen and oxygen atoms in total. The van der Waals surface area contributed by atoms with Crippen LogP contribution in [0.3, 0.4) is 0 Å². The second-order valence-corrected chi connectivity index (χ2v) is 8.64. The molecule has 2 aromatic carbocycles. The van der Waals surface area contributed by atoms with Gasteiger partial charge in [0.2, 0.25) is 5.91 Å². The molecule has 1 aromatic heterocycles. The number of phenolic OH excluding ortho intramolecular Hbond substituents is 1. The minimum Gasteiger partial charge on any atom is -0.508 e. The van der Waals surface area contributed by atoms with Crippen molar-refractivity contribution in [2.24, 2.45) is 5.92 Å². The zero-order chi connectivity index (χ0) is 20.0. The monoisotopic (exact) mass is 445 g/mol. The number of carbonyl (C=O) groups is 1. The van der Waals surface area contributed by atoms with Gasteiger partial charge in [-0.15, -0.1) is 12.4 Å². The number of nitrogens with zero attached hydrogens (tertiary/aromatic N) is 2. The number of halogens is 2. The number of amides is 1. The van der Waals surface area contributed by atoms with E-state index in [1.807, 2.05) is 29.2 Å². The van der Waals surface area contributed by atoms with Crippen molar-refractivity contribution < 1.29 is 9.90 Å². The van der Waals surface area contributed by atoms with Crippen molar-refractivity contribution in [3.63, 3.8) is 0 Å². The highest BCUT2D eigenvalue weighted by molar-refractivity contribution is 6.31. The van der Waals surface area contributed by atoms with Gasteiger partial charge < -0.3 is 15.0 Å². The van der Waals surface area contributed by atoms with Crippen LogP contribution in [0.5, 0.6) is 5.75 Å². The van der Waals surface area contributed by atoms with Crippen LogP contribution in [-0.2, 0) is 24.4 Å². The molecule has 30 heavy (non-hydrogen) atoms. The second-order valence-electron chi connectivity index (χ2n) is 8.26. The lowest BCUT2D eigenvalue weighted by Gasteiger charge is -2.19. The van der Waals surface area contributed by atoms with E-state index < -0.39 is 0 Å². The Bertz CT molecular complexity index is 1080. The molecule has 0 bridgehead atoms. The number of hydrogen-bond acceptors (Lipinski definition) is 3. The van der Waals surface area contributed by atoms with E-state index in [0.717, 1.165) is 48.3 Å². The molecule has 1 saturated heterocycles. The molecule has 1 amide bonds. The van der Waals surface area contributed by atoms with Crippen LogP contribution in [0.1, 0.15) is 29.5 Å². The van der Waals surface area contributed by atoms with Gasteiger partial charge in [0.1, 0.15) is 10.9 Å². The number of carbonyl (C=O) groups excluding carboxylic acids is 1. The van der Waals surface area contributed by atoms with Crippen molar-refractivity contribution in [3.8, 4) is 5.75 Å². The number of benzene rings is 2. The Balaban J connectivity index is 0.00000218. The summed E-state index contributed by atoms with van der Waals surface area (Å²) >= 11 is 6.45. The third-order valence-corrected chi connectivity index (χ3v) is 6.56. The number of aromatic nitrogens is 1. The van der Waals surface area contributed by atoms with E-state index in [2.05, 4.69) is 16.0 Å². The Hall–Kier alpha value is -2.21. The molecule has 2 N–H and O–H groups in total. The summed E-state index contributed by atoms with van der Waals surface area (Å²) in [6.45, 7) is 3.97. The predicted molar refractivity (Wildman–Crippen MR) is 121 cm³/mol. The first-order valence-electron chi connectivity index (χ1n) is 10.1. The molecule has 3 heterocycles. The van der Waals surface area contributed by atoms with Gasteiger partial charge in [0.25, 0.3) is 0 Å². The number of para-hydroxylation sites is 1.